The maximum atomic E-state index is 12.9. The minimum atomic E-state index is -4.39. The zero-order chi connectivity index (χ0) is 22.4. The van der Waals surface area contributed by atoms with Crippen LogP contribution >= 0.6 is 0 Å². The summed E-state index contributed by atoms with van der Waals surface area (Å²) in [4.78, 5) is 23.1. The van der Waals surface area contributed by atoms with Crippen LogP contribution in [0, 0.1) is 0 Å². The minimum absolute atomic E-state index is 0.0645. The fourth-order valence-corrected chi connectivity index (χ4v) is 3.43. The van der Waals surface area contributed by atoms with Crippen LogP contribution in [0.2, 0.25) is 0 Å². The summed E-state index contributed by atoms with van der Waals surface area (Å²) in [5.74, 6) is 0.499. The van der Waals surface area contributed by atoms with E-state index in [-0.39, 0.29) is 12.0 Å². The van der Waals surface area contributed by atoms with E-state index >= 15 is 0 Å². The van der Waals surface area contributed by atoms with Gasteiger partial charge in [-0.15, -0.1) is 0 Å². The predicted molar refractivity (Wildman–Crippen MR) is 111 cm³/mol. The Bertz CT molecular complexity index is 1120. The first kappa shape index (κ1) is 21.1. The number of hydrogen-bond acceptors (Lipinski definition) is 4. The molecule has 0 unspecified atom stereocenters. The van der Waals surface area contributed by atoms with Gasteiger partial charge < -0.3 is 9.64 Å². The lowest BCUT2D eigenvalue weighted by Gasteiger charge is -2.39. The van der Waals surface area contributed by atoms with Crippen molar-refractivity contribution in [1.29, 1.82) is 0 Å². The van der Waals surface area contributed by atoms with Gasteiger partial charge in [0.15, 0.2) is 0 Å². The summed E-state index contributed by atoms with van der Waals surface area (Å²) in [5.41, 5.74) is 0.582. The van der Waals surface area contributed by atoms with Gasteiger partial charge in [0.25, 0.3) is 0 Å². The smallest absolute Gasteiger partial charge is 0.416 e. The van der Waals surface area contributed by atoms with E-state index in [1.807, 2.05) is 45.0 Å². The van der Waals surface area contributed by atoms with E-state index in [0.29, 0.717) is 35.7 Å². The first-order chi connectivity index (χ1) is 14.5. The van der Waals surface area contributed by atoms with E-state index in [1.54, 1.807) is 4.90 Å². The molecule has 1 aromatic heterocycles. The molecule has 5 nitrogen and oxygen atoms in total. The lowest BCUT2D eigenvalue weighted by atomic mass is 9.98. The molecule has 4 rings (SSSR count). The predicted octanol–water partition coefficient (Wildman–Crippen LogP) is 5.65. The highest BCUT2D eigenvalue weighted by molar-refractivity contribution is 5.92. The number of carbonyl (C=O) groups is 1. The third kappa shape index (κ3) is 4.47. The minimum Gasteiger partial charge on any atom is -0.444 e. The van der Waals surface area contributed by atoms with Crippen LogP contribution in [0.15, 0.2) is 48.5 Å². The van der Waals surface area contributed by atoms with Crippen molar-refractivity contribution >= 4 is 17.0 Å². The highest BCUT2D eigenvalue weighted by Crippen LogP contribution is 2.34. The van der Waals surface area contributed by atoms with Gasteiger partial charge in [0.2, 0.25) is 0 Å². The van der Waals surface area contributed by atoms with Gasteiger partial charge in [-0.1, -0.05) is 30.3 Å². The molecule has 1 fully saturated rings. The molecule has 162 valence electrons. The maximum absolute atomic E-state index is 12.9. The molecule has 0 N–H and O–H groups in total. The average Bonchev–Trinajstić information content (AvgIpc) is 2.64. The fourth-order valence-electron chi connectivity index (χ4n) is 3.43. The number of fused-ring (bicyclic) bond motifs is 1. The molecule has 1 amide bonds. The van der Waals surface area contributed by atoms with E-state index in [1.165, 1.54) is 12.1 Å². The zero-order valence-corrected chi connectivity index (χ0v) is 17.4. The number of halogens is 3. The topological polar surface area (TPSA) is 55.3 Å². The molecule has 0 saturated carbocycles. The van der Waals surface area contributed by atoms with Crippen molar-refractivity contribution < 1.29 is 22.7 Å². The van der Waals surface area contributed by atoms with Crippen molar-refractivity contribution in [2.24, 2.45) is 0 Å². The Balaban J connectivity index is 1.63. The Morgan fingerprint density at radius 1 is 1.00 bits per heavy atom. The Labute approximate surface area is 177 Å². The van der Waals surface area contributed by atoms with Crippen LogP contribution in [0.1, 0.15) is 38.1 Å². The fraction of sp³-hybridized carbons (Fsp3) is 0.348. The van der Waals surface area contributed by atoms with Gasteiger partial charge in [0, 0.05) is 24.0 Å². The standard InChI is InChI=1S/C23H22F3N3O2/c1-22(2,3)31-21(30)29-12-15(13-29)20-27-18-7-5-4-6-17(18)19(28-20)14-8-10-16(11-9-14)23(24,25)26/h4-11,15H,12-13H2,1-3H3. The number of carbonyl (C=O) groups excluding carboxylic acids is 1. The van der Waals surface area contributed by atoms with Gasteiger partial charge in [0.1, 0.15) is 11.4 Å². The second kappa shape index (κ2) is 7.51. The van der Waals surface area contributed by atoms with Crippen molar-refractivity contribution in [1.82, 2.24) is 14.9 Å². The summed E-state index contributed by atoms with van der Waals surface area (Å²) in [5, 5.41) is 0.759. The zero-order valence-electron chi connectivity index (χ0n) is 17.4. The second-order valence-corrected chi connectivity index (χ2v) is 8.60. The molecule has 1 saturated heterocycles. The summed E-state index contributed by atoms with van der Waals surface area (Å²) in [6, 6.07) is 12.3. The molecule has 0 radical (unpaired) electrons. The van der Waals surface area contributed by atoms with E-state index in [9.17, 15) is 18.0 Å². The molecule has 2 heterocycles. The summed E-state index contributed by atoms with van der Waals surface area (Å²) in [6.07, 6.45) is -4.78. The first-order valence-electron chi connectivity index (χ1n) is 9.93. The third-order valence-corrected chi connectivity index (χ3v) is 5.00. The lowest BCUT2D eigenvalue weighted by molar-refractivity contribution is -0.137. The second-order valence-electron chi connectivity index (χ2n) is 8.60. The molecule has 2 aromatic carbocycles. The van der Waals surface area contributed by atoms with E-state index in [2.05, 4.69) is 9.97 Å². The van der Waals surface area contributed by atoms with Crippen molar-refractivity contribution in [2.75, 3.05) is 13.1 Å². The Morgan fingerprint density at radius 3 is 2.26 bits per heavy atom. The number of para-hydroxylation sites is 1. The van der Waals surface area contributed by atoms with Crippen LogP contribution < -0.4 is 0 Å². The van der Waals surface area contributed by atoms with Gasteiger partial charge in [-0.2, -0.15) is 13.2 Å². The maximum Gasteiger partial charge on any atom is 0.416 e. The van der Waals surface area contributed by atoms with Crippen LogP contribution in [-0.2, 0) is 10.9 Å². The number of nitrogens with zero attached hydrogens (tertiary/aromatic N) is 3. The lowest BCUT2D eigenvalue weighted by Crippen LogP contribution is -2.50. The molecule has 1 aliphatic rings. The molecule has 0 spiro atoms. The van der Waals surface area contributed by atoms with Gasteiger partial charge in [-0.3, -0.25) is 0 Å². The van der Waals surface area contributed by atoms with E-state index < -0.39 is 17.3 Å². The van der Waals surface area contributed by atoms with Crippen molar-refractivity contribution in [3.05, 3.63) is 59.9 Å². The number of rotatable bonds is 2. The Morgan fingerprint density at radius 2 is 1.65 bits per heavy atom. The van der Waals surface area contributed by atoms with Crippen LogP contribution in [-0.4, -0.2) is 39.7 Å². The Hall–Kier alpha value is -3.16. The normalized spacial score (nSPS) is 15.1. The van der Waals surface area contributed by atoms with Crippen molar-refractivity contribution in [3.63, 3.8) is 0 Å². The van der Waals surface area contributed by atoms with Gasteiger partial charge in [0.05, 0.1) is 22.7 Å². The number of aromatic nitrogens is 2. The first-order valence-corrected chi connectivity index (χ1v) is 9.93. The number of ether oxygens (including phenoxy) is 1. The van der Waals surface area contributed by atoms with Gasteiger partial charge in [-0.25, -0.2) is 14.8 Å². The number of amides is 1. The molecule has 1 aliphatic heterocycles. The van der Waals surface area contributed by atoms with Crippen molar-refractivity contribution in [2.45, 2.75) is 38.5 Å². The van der Waals surface area contributed by atoms with E-state index in [4.69, 9.17) is 4.74 Å². The summed E-state index contributed by atoms with van der Waals surface area (Å²) < 4.78 is 44.2. The Kier molecular flexibility index (Phi) is 5.11. The van der Waals surface area contributed by atoms with Crippen LogP contribution in [0.4, 0.5) is 18.0 Å². The molecule has 0 bridgehead atoms. The molecule has 0 aliphatic carbocycles. The molecule has 8 heteroatoms. The molecule has 0 atom stereocenters. The quantitative estimate of drug-likeness (QED) is 0.528. The van der Waals surface area contributed by atoms with E-state index in [0.717, 1.165) is 17.5 Å². The number of benzene rings is 2. The number of hydrogen-bond donors (Lipinski definition) is 0. The van der Waals surface area contributed by atoms with Gasteiger partial charge >= 0.3 is 12.3 Å². The highest BCUT2D eigenvalue weighted by atomic mass is 19.4. The SMILES string of the molecule is CC(C)(C)OC(=O)N1CC(c2nc(-c3ccc(C(F)(F)F)cc3)c3ccccc3n2)C1. The van der Waals surface area contributed by atoms with Crippen LogP contribution in [0.3, 0.4) is 0 Å². The van der Waals surface area contributed by atoms with Crippen LogP contribution in [0.25, 0.3) is 22.2 Å². The average molecular weight is 429 g/mol. The van der Waals surface area contributed by atoms with Crippen molar-refractivity contribution in [3.8, 4) is 11.3 Å². The number of likely N-dealkylation sites (tertiary alicyclic amines) is 1. The summed E-state index contributed by atoms with van der Waals surface area (Å²) in [6.45, 7) is 6.29. The molecule has 3 aromatic rings. The highest BCUT2D eigenvalue weighted by Gasteiger charge is 2.36. The molecule has 31 heavy (non-hydrogen) atoms. The summed E-state index contributed by atoms with van der Waals surface area (Å²) >= 11 is 0. The molecular formula is C23H22F3N3O2. The third-order valence-electron chi connectivity index (χ3n) is 5.00. The summed E-state index contributed by atoms with van der Waals surface area (Å²) in [7, 11) is 0. The number of alkyl halides is 3. The van der Waals surface area contributed by atoms with Crippen LogP contribution in [0.5, 0.6) is 0 Å². The monoisotopic (exact) mass is 429 g/mol. The largest absolute Gasteiger partial charge is 0.444 e. The van der Waals surface area contributed by atoms with Gasteiger partial charge in [-0.05, 0) is 39.0 Å². The molecular weight excluding hydrogens is 407 g/mol.